The molecule has 0 unspecified atom stereocenters. The first-order chi connectivity index (χ1) is 14.7. The third-order valence-corrected chi connectivity index (χ3v) is 5.94. The number of hydrogen-bond acceptors (Lipinski definition) is 2. The SMILES string of the molecule is Cc1ccc2nc(-c3ccc(F)c(C)c3)c(CC(=O)Nc3cc(Cl)c(Cl)cc3Cl)n2c1. The zero-order valence-electron chi connectivity index (χ0n) is 16.6. The van der Waals surface area contributed by atoms with Gasteiger partial charge in [-0.05, 0) is 61.4 Å². The Bertz CT molecular complexity index is 1330. The van der Waals surface area contributed by atoms with Gasteiger partial charge in [-0.3, -0.25) is 4.79 Å². The Morgan fingerprint density at radius 2 is 1.77 bits per heavy atom. The van der Waals surface area contributed by atoms with Crippen LogP contribution in [0.15, 0.2) is 48.7 Å². The molecular weight excluding hydrogens is 460 g/mol. The Morgan fingerprint density at radius 3 is 2.52 bits per heavy atom. The second-order valence-corrected chi connectivity index (χ2v) is 8.50. The number of fused-ring (bicyclic) bond motifs is 1. The summed E-state index contributed by atoms with van der Waals surface area (Å²) in [5.41, 5.74) is 4.60. The highest BCUT2D eigenvalue weighted by molar-refractivity contribution is 6.44. The number of halogens is 4. The smallest absolute Gasteiger partial charge is 0.230 e. The van der Waals surface area contributed by atoms with Crippen LogP contribution >= 0.6 is 34.8 Å². The summed E-state index contributed by atoms with van der Waals surface area (Å²) in [6.07, 6.45) is 1.93. The summed E-state index contributed by atoms with van der Waals surface area (Å²) in [7, 11) is 0. The first kappa shape index (κ1) is 21.6. The lowest BCUT2D eigenvalue weighted by Crippen LogP contribution is -2.16. The van der Waals surface area contributed by atoms with Gasteiger partial charge in [0.1, 0.15) is 11.5 Å². The van der Waals surface area contributed by atoms with Crippen LogP contribution in [0.4, 0.5) is 10.1 Å². The molecule has 31 heavy (non-hydrogen) atoms. The minimum atomic E-state index is -0.302. The molecule has 4 rings (SSSR count). The first-order valence-corrected chi connectivity index (χ1v) is 10.5. The molecular formula is C23H17Cl3FN3O. The maximum absolute atomic E-state index is 13.8. The van der Waals surface area contributed by atoms with E-state index in [0.29, 0.717) is 33.3 Å². The minimum Gasteiger partial charge on any atom is -0.324 e. The van der Waals surface area contributed by atoms with Crippen LogP contribution in [0, 0.1) is 19.7 Å². The van der Waals surface area contributed by atoms with E-state index in [9.17, 15) is 9.18 Å². The van der Waals surface area contributed by atoms with E-state index < -0.39 is 0 Å². The number of nitrogens with one attached hydrogen (secondary N) is 1. The van der Waals surface area contributed by atoms with Crippen LogP contribution in [0.5, 0.6) is 0 Å². The number of nitrogens with zero attached hydrogens (tertiary/aromatic N) is 2. The lowest BCUT2D eigenvalue weighted by molar-refractivity contribution is -0.115. The van der Waals surface area contributed by atoms with Gasteiger partial charge in [0, 0.05) is 11.8 Å². The number of pyridine rings is 1. The van der Waals surface area contributed by atoms with Crippen molar-refractivity contribution in [3.63, 3.8) is 0 Å². The van der Waals surface area contributed by atoms with Gasteiger partial charge in [-0.1, -0.05) is 40.9 Å². The fraction of sp³-hybridized carbons (Fsp3) is 0.130. The zero-order valence-corrected chi connectivity index (χ0v) is 18.9. The van der Waals surface area contributed by atoms with Crippen LogP contribution in [0.1, 0.15) is 16.8 Å². The van der Waals surface area contributed by atoms with Gasteiger partial charge in [0.25, 0.3) is 0 Å². The second kappa shape index (κ2) is 8.50. The van der Waals surface area contributed by atoms with Crippen LogP contribution in [0.25, 0.3) is 16.9 Å². The van der Waals surface area contributed by atoms with Crippen molar-refractivity contribution in [3.8, 4) is 11.3 Å². The van der Waals surface area contributed by atoms with Crippen LogP contribution in [0.2, 0.25) is 15.1 Å². The molecule has 0 saturated heterocycles. The normalized spacial score (nSPS) is 11.2. The number of carbonyl (C=O) groups excluding carboxylic acids is 1. The van der Waals surface area contributed by atoms with E-state index in [1.54, 1.807) is 19.1 Å². The van der Waals surface area contributed by atoms with E-state index in [4.69, 9.17) is 39.8 Å². The Morgan fingerprint density at radius 1 is 1.03 bits per heavy atom. The molecule has 0 spiro atoms. The Balaban J connectivity index is 1.75. The maximum Gasteiger partial charge on any atom is 0.230 e. The fourth-order valence-electron chi connectivity index (χ4n) is 3.36. The van der Waals surface area contributed by atoms with Crippen molar-refractivity contribution in [2.45, 2.75) is 20.3 Å². The third kappa shape index (κ3) is 4.40. The highest BCUT2D eigenvalue weighted by atomic mass is 35.5. The Hall–Kier alpha value is -2.60. The molecule has 4 nitrogen and oxygen atoms in total. The van der Waals surface area contributed by atoms with E-state index in [2.05, 4.69) is 5.32 Å². The number of imidazole rings is 1. The van der Waals surface area contributed by atoms with Crippen molar-refractivity contribution in [2.75, 3.05) is 5.32 Å². The van der Waals surface area contributed by atoms with Gasteiger partial charge in [0.15, 0.2) is 0 Å². The molecule has 2 aromatic heterocycles. The zero-order chi connectivity index (χ0) is 22.3. The van der Waals surface area contributed by atoms with Gasteiger partial charge in [-0.2, -0.15) is 0 Å². The van der Waals surface area contributed by atoms with Gasteiger partial charge in [0.05, 0.1) is 38.6 Å². The average molecular weight is 477 g/mol. The molecule has 0 radical (unpaired) electrons. The lowest BCUT2D eigenvalue weighted by Gasteiger charge is -2.10. The van der Waals surface area contributed by atoms with Crippen molar-refractivity contribution in [2.24, 2.45) is 0 Å². The van der Waals surface area contributed by atoms with Crippen molar-refractivity contribution in [3.05, 3.63) is 86.4 Å². The van der Waals surface area contributed by atoms with Gasteiger partial charge in [-0.25, -0.2) is 9.37 Å². The van der Waals surface area contributed by atoms with Crippen molar-refractivity contribution in [1.29, 1.82) is 0 Å². The summed E-state index contributed by atoms with van der Waals surface area (Å²) in [5.74, 6) is -0.597. The first-order valence-electron chi connectivity index (χ1n) is 9.41. The topological polar surface area (TPSA) is 46.4 Å². The number of benzene rings is 2. The van der Waals surface area contributed by atoms with Crippen molar-refractivity contribution < 1.29 is 9.18 Å². The predicted molar refractivity (Wildman–Crippen MR) is 124 cm³/mol. The van der Waals surface area contributed by atoms with Crippen molar-refractivity contribution >= 4 is 52.0 Å². The quantitative estimate of drug-likeness (QED) is 0.326. The Labute approximate surface area is 193 Å². The molecule has 0 saturated carbocycles. The predicted octanol–water partition coefficient (Wildman–Crippen LogP) is 6.90. The molecule has 0 aliphatic rings. The van der Waals surface area contributed by atoms with E-state index in [-0.39, 0.29) is 28.2 Å². The van der Waals surface area contributed by atoms with Gasteiger partial charge in [0.2, 0.25) is 5.91 Å². The number of anilines is 1. The standard InChI is InChI=1S/C23H17Cl3FN3O/c1-12-3-6-21-29-23(14-4-5-18(27)13(2)7-14)20(30(21)11-12)10-22(31)28-19-9-16(25)15(24)8-17(19)26/h3-9,11H,10H2,1-2H3,(H,28,31). The molecule has 158 valence electrons. The highest BCUT2D eigenvalue weighted by Crippen LogP contribution is 2.33. The molecule has 0 aliphatic carbocycles. The minimum absolute atomic E-state index is 0.0208. The summed E-state index contributed by atoms with van der Waals surface area (Å²) in [4.78, 5) is 17.6. The highest BCUT2D eigenvalue weighted by Gasteiger charge is 2.19. The second-order valence-electron chi connectivity index (χ2n) is 7.28. The molecule has 8 heteroatoms. The lowest BCUT2D eigenvalue weighted by atomic mass is 10.1. The van der Waals surface area contributed by atoms with E-state index in [1.807, 2.05) is 29.7 Å². The van der Waals surface area contributed by atoms with Crippen molar-refractivity contribution in [1.82, 2.24) is 9.38 Å². The summed E-state index contributed by atoms with van der Waals surface area (Å²) in [5, 5.41) is 3.65. The summed E-state index contributed by atoms with van der Waals surface area (Å²) >= 11 is 18.2. The molecule has 4 aromatic rings. The van der Waals surface area contributed by atoms with Crippen LogP contribution in [-0.2, 0) is 11.2 Å². The van der Waals surface area contributed by atoms with Crippen LogP contribution in [0.3, 0.4) is 0 Å². The number of aromatic nitrogens is 2. The van der Waals surface area contributed by atoms with E-state index >= 15 is 0 Å². The van der Waals surface area contributed by atoms with Gasteiger partial charge < -0.3 is 9.72 Å². The third-order valence-electron chi connectivity index (χ3n) is 4.91. The summed E-state index contributed by atoms with van der Waals surface area (Å²) in [6.45, 7) is 3.65. The van der Waals surface area contributed by atoms with Crippen LogP contribution < -0.4 is 5.32 Å². The fourth-order valence-corrected chi connectivity index (χ4v) is 3.95. The molecule has 0 aliphatic heterocycles. The number of carbonyl (C=O) groups is 1. The number of rotatable bonds is 4. The van der Waals surface area contributed by atoms with E-state index in [1.165, 1.54) is 18.2 Å². The molecule has 1 amide bonds. The number of hydrogen-bond donors (Lipinski definition) is 1. The Kier molecular flexibility index (Phi) is 5.93. The van der Waals surface area contributed by atoms with E-state index in [0.717, 1.165) is 11.1 Å². The molecule has 0 fully saturated rings. The molecule has 0 atom stereocenters. The molecule has 2 aromatic carbocycles. The molecule has 2 heterocycles. The largest absolute Gasteiger partial charge is 0.324 e. The molecule has 1 N–H and O–H groups in total. The van der Waals surface area contributed by atoms with Gasteiger partial charge >= 0.3 is 0 Å². The summed E-state index contributed by atoms with van der Waals surface area (Å²) < 4.78 is 15.7. The average Bonchev–Trinajstić information content (AvgIpc) is 3.05. The van der Waals surface area contributed by atoms with Gasteiger partial charge in [-0.15, -0.1) is 0 Å². The van der Waals surface area contributed by atoms with Crippen LogP contribution in [-0.4, -0.2) is 15.3 Å². The summed E-state index contributed by atoms with van der Waals surface area (Å²) in [6, 6.07) is 11.6. The maximum atomic E-state index is 13.8. The number of aryl methyl sites for hydroxylation is 2. The number of amides is 1. The molecule has 0 bridgehead atoms. The monoisotopic (exact) mass is 475 g/mol.